The van der Waals surface area contributed by atoms with Gasteiger partial charge in [0, 0.05) is 56.2 Å². The number of benzene rings is 1. The third kappa shape index (κ3) is 9.74. The molecule has 236 valence electrons. The smallest absolute Gasteiger partial charge is 0.323 e. The zero-order valence-corrected chi connectivity index (χ0v) is 26.4. The molecule has 0 saturated carbocycles. The van der Waals surface area contributed by atoms with E-state index in [-0.39, 0.29) is 18.6 Å². The molecule has 4 aromatic rings. The van der Waals surface area contributed by atoms with E-state index < -0.39 is 5.60 Å². The highest BCUT2D eigenvalue weighted by atomic mass is 16.3. The SMILES string of the molecule is CCC[C@@H](CCCNc1ncc(C#N)c(NCC(C)(C)O)n1)N(C(=O)NCc1ccccc1)c1ccc(-c2cnn(C)c2)cn1. The van der Waals surface area contributed by atoms with Gasteiger partial charge >= 0.3 is 6.03 Å². The first-order valence-electron chi connectivity index (χ1n) is 15.2. The van der Waals surface area contributed by atoms with E-state index in [0.717, 1.165) is 36.0 Å². The van der Waals surface area contributed by atoms with Crippen molar-refractivity contribution in [2.24, 2.45) is 7.05 Å². The molecule has 12 nitrogen and oxygen atoms in total. The van der Waals surface area contributed by atoms with Crippen molar-refractivity contribution in [1.82, 2.24) is 30.0 Å². The van der Waals surface area contributed by atoms with Crippen molar-refractivity contribution >= 4 is 23.6 Å². The quantitative estimate of drug-likeness (QED) is 0.134. The lowest BCUT2D eigenvalue weighted by Crippen LogP contribution is -2.47. The van der Waals surface area contributed by atoms with Gasteiger partial charge in [-0.15, -0.1) is 0 Å². The van der Waals surface area contributed by atoms with Crippen LogP contribution < -0.4 is 20.9 Å². The van der Waals surface area contributed by atoms with Gasteiger partial charge in [-0.2, -0.15) is 15.3 Å². The number of anilines is 3. The molecule has 3 heterocycles. The van der Waals surface area contributed by atoms with Gasteiger partial charge in [-0.3, -0.25) is 9.58 Å². The van der Waals surface area contributed by atoms with Gasteiger partial charge in [0.05, 0.1) is 18.0 Å². The minimum Gasteiger partial charge on any atom is -0.389 e. The molecule has 0 bridgehead atoms. The molecule has 0 fully saturated rings. The van der Waals surface area contributed by atoms with Gasteiger partial charge in [0.25, 0.3) is 0 Å². The summed E-state index contributed by atoms with van der Waals surface area (Å²) in [4.78, 5) is 29.0. The van der Waals surface area contributed by atoms with Crippen LogP contribution in [0, 0.1) is 11.3 Å². The van der Waals surface area contributed by atoms with Crippen LogP contribution in [0.3, 0.4) is 0 Å². The molecule has 4 N–H and O–H groups in total. The van der Waals surface area contributed by atoms with Crippen LogP contribution in [-0.4, -0.2) is 60.6 Å². The highest BCUT2D eigenvalue weighted by molar-refractivity contribution is 5.91. The molecule has 3 aromatic heterocycles. The molecular weight excluding hydrogens is 568 g/mol. The number of aromatic nitrogens is 5. The molecule has 0 aliphatic heterocycles. The molecule has 12 heteroatoms. The number of carbonyl (C=O) groups excluding carboxylic acids is 1. The molecule has 0 aliphatic carbocycles. The van der Waals surface area contributed by atoms with Crippen LogP contribution in [0.25, 0.3) is 11.1 Å². The lowest BCUT2D eigenvalue weighted by atomic mass is 10.0. The zero-order chi connectivity index (χ0) is 32.2. The number of pyridine rings is 1. The summed E-state index contributed by atoms with van der Waals surface area (Å²) in [6.07, 6.45) is 10.1. The minimum absolute atomic E-state index is 0.102. The summed E-state index contributed by atoms with van der Waals surface area (Å²) < 4.78 is 1.74. The number of nitrogens with one attached hydrogen (secondary N) is 3. The Morgan fingerprint density at radius 1 is 1.07 bits per heavy atom. The van der Waals surface area contributed by atoms with E-state index >= 15 is 0 Å². The molecule has 0 radical (unpaired) electrons. The van der Waals surface area contributed by atoms with Crippen LogP contribution in [0.5, 0.6) is 0 Å². The summed E-state index contributed by atoms with van der Waals surface area (Å²) in [7, 11) is 1.87. The van der Waals surface area contributed by atoms with Crippen LogP contribution >= 0.6 is 0 Å². The van der Waals surface area contributed by atoms with Crippen LogP contribution in [0.1, 0.15) is 57.6 Å². The van der Waals surface area contributed by atoms with Gasteiger partial charge in [0.1, 0.15) is 23.3 Å². The molecule has 2 amide bonds. The first-order valence-corrected chi connectivity index (χ1v) is 15.2. The molecule has 0 saturated heterocycles. The van der Waals surface area contributed by atoms with Crippen LogP contribution in [-0.2, 0) is 13.6 Å². The normalized spacial score (nSPS) is 11.8. The standard InChI is InChI=1S/C33H42N10O2/c1-5-10-28(13-9-16-35-31-37-20-26(17-34)30(41-31)39-23-33(2,3)45)43(32(44)38-18-24-11-7-6-8-12-24)29-15-14-25(19-36-29)27-21-40-42(4)22-27/h6-8,11-12,14-15,19-22,28,45H,5,9-10,13,16,18,23H2,1-4H3,(H,38,44)(H2,35,37,39,41)/t28-/m0/s1. The Bertz CT molecular complexity index is 1560. The maximum atomic E-state index is 13.8. The minimum atomic E-state index is -0.966. The van der Waals surface area contributed by atoms with Gasteiger partial charge < -0.3 is 21.1 Å². The van der Waals surface area contributed by atoms with E-state index in [9.17, 15) is 15.2 Å². The van der Waals surface area contributed by atoms with Crippen molar-refractivity contribution in [3.63, 3.8) is 0 Å². The Balaban J connectivity index is 1.47. The van der Waals surface area contributed by atoms with E-state index in [2.05, 4.69) is 44.0 Å². The summed E-state index contributed by atoms with van der Waals surface area (Å²) in [5.74, 6) is 1.32. The highest BCUT2D eigenvalue weighted by Gasteiger charge is 2.26. The number of urea groups is 1. The Morgan fingerprint density at radius 3 is 2.51 bits per heavy atom. The highest BCUT2D eigenvalue weighted by Crippen LogP contribution is 2.25. The Labute approximate surface area is 264 Å². The number of aliphatic hydroxyl groups is 1. The maximum Gasteiger partial charge on any atom is 0.323 e. The number of carbonyl (C=O) groups is 1. The van der Waals surface area contributed by atoms with Crippen molar-refractivity contribution < 1.29 is 9.90 Å². The van der Waals surface area contributed by atoms with Crippen molar-refractivity contribution in [2.45, 2.75) is 64.6 Å². The average Bonchev–Trinajstić information content (AvgIpc) is 3.47. The molecule has 4 rings (SSSR count). The predicted octanol–water partition coefficient (Wildman–Crippen LogP) is 5.10. The molecule has 0 spiro atoms. The summed E-state index contributed by atoms with van der Waals surface area (Å²) >= 11 is 0. The van der Waals surface area contributed by atoms with Crippen molar-refractivity contribution in [3.8, 4) is 17.2 Å². The van der Waals surface area contributed by atoms with Gasteiger partial charge in [0.2, 0.25) is 5.95 Å². The second-order valence-corrected chi connectivity index (χ2v) is 11.6. The fourth-order valence-corrected chi connectivity index (χ4v) is 4.84. The number of amides is 2. The van der Waals surface area contributed by atoms with Crippen LogP contribution in [0.4, 0.5) is 22.4 Å². The topological polar surface area (TPSA) is 157 Å². The summed E-state index contributed by atoms with van der Waals surface area (Å²) in [5.41, 5.74) is 2.22. The Morgan fingerprint density at radius 2 is 1.87 bits per heavy atom. The van der Waals surface area contributed by atoms with Crippen molar-refractivity contribution in [2.75, 3.05) is 28.6 Å². The van der Waals surface area contributed by atoms with Crippen LogP contribution in [0.15, 0.2) is 67.3 Å². The molecule has 45 heavy (non-hydrogen) atoms. The van der Waals surface area contributed by atoms with Gasteiger partial charge in [0.15, 0.2) is 0 Å². The number of rotatable bonds is 15. The van der Waals surface area contributed by atoms with Crippen LogP contribution in [0.2, 0.25) is 0 Å². The lowest BCUT2D eigenvalue weighted by Gasteiger charge is -2.31. The lowest BCUT2D eigenvalue weighted by molar-refractivity contribution is 0.0944. The van der Waals surface area contributed by atoms with E-state index in [0.29, 0.717) is 42.7 Å². The Hall–Kier alpha value is -5.02. The monoisotopic (exact) mass is 610 g/mol. The maximum absolute atomic E-state index is 13.8. The number of nitriles is 1. The zero-order valence-electron chi connectivity index (χ0n) is 26.4. The predicted molar refractivity (Wildman–Crippen MR) is 176 cm³/mol. The summed E-state index contributed by atoms with van der Waals surface area (Å²) in [6.45, 7) is 6.66. The van der Waals surface area contributed by atoms with Crippen molar-refractivity contribution in [3.05, 3.63) is 78.4 Å². The number of nitrogens with zero attached hydrogens (tertiary/aromatic N) is 7. The van der Waals surface area contributed by atoms with E-state index in [1.54, 1.807) is 35.8 Å². The first kappa shape index (κ1) is 32.9. The van der Waals surface area contributed by atoms with Gasteiger partial charge in [-0.1, -0.05) is 43.7 Å². The second kappa shape index (κ2) is 15.6. The van der Waals surface area contributed by atoms with E-state index in [1.807, 2.05) is 55.7 Å². The van der Waals surface area contributed by atoms with Gasteiger partial charge in [-0.05, 0) is 50.8 Å². The van der Waals surface area contributed by atoms with Crippen molar-refractivity contribution in [1.29, 1.82) is 5.26 Å². The summed E-state index contributed by atoms with van der Waals surface area (Å²) in [6, 6.07) is 15.4. The molecular formula is C33H42N10O2. The van der Waals surface area contributed by atoms with E-state index in [4.69, 9.17) is 4.98 Å². The fraction of sp³-hybridized carbons (Fsp3) is 0.394. The van der Waals surface area contributed by atoms with Gasteiger partial charge in [-0.25, -0.2) is 14.8 Å². The molecule has 1 atom stereocenters. The molecule has 1 aromatic carbocycles. The molecule has 0 aliphatic rings. The second-order valence-electron chi connectivity index (χ2n) is 11.6. The van der Waals surface area contributed by atoms with E-state index in [1.165, 1.54) is 6.20 Å². The Kier molecular flexibility index (Phi) is 11.4. The first-order chi connectivity index (χ1) is 21.7. The molecule has 0 unspecified atom stereocenters. The summed E-state index contributed by atoms with van der Waals surface area (Å²) in [5, 5.41) is 33.1. The fourth-order valence-electron chi connectivity index (χ4n) is 4.84. The number of aryl methyl sites for hydroxylation is 1. The third-order valence-electron chi connectivity index (χ3n) is 7.12. The third-order valence-corrected chi connectivity index (χ3v) is 7.12. The largest absolute Gasteiger partial charge is 0.389 e. The number of hydrogen-bond acceptors (Lipinski definition) is 9. The number of hydrogen-bond donors (Lipinski definition) is 4. The average molecular weight is 611 g/mol.